The fraction of sp³-hybridized carbons (Fsp3) is 0.929. The number of likely N-dealkylation sites (N-methyl/N-ethyl adjacent to an activating group) is 1. The number of nitrogens with zero attached hydrogens (tertiary/aromatic N) is 2. The van der Waals surface area contributed by atoms with Crippen molar-refractivity contribution in [3.63, 3.8) is 0 Å². The average Bonchev–Trinajstić information content (AvgIpc) is 2.32. The van der Waals surface area contributed by atoms with Gasteiger partial charge in [0.05, 0.1) is 6.54 Å². The van der Waals surface area contributed by atoms with E-state index in [1.165, 1.54) is 6.42 Å². The second kappa shape index (κ2) is 7.10. The van der Waals surface area contributed by atoms with Crippen LogP contribution in [0.15, 0.2) is 0 Å². The zero-order chi connectivity index (χ0) is 13.7. The van der Waals surface area contributed by atoms with Crippen LogP contribution in [-0.4, -0.2) is 55.0 Å². The van der Waals surface area contributed by atoms with E-state index >= 15 is 0 Å². The highest BCUT2D eigenvalue weighted by atomic mass is 16.2. The minimum Gasteiger partial charge on any atom is -0.345 e. The third-order valence-corrected chi connectivity index (χ3v) is 4.18. The molecule has 4 heteroatoms. The highest BCUT2D eigenvalue weighted by Gasteiger charge is 2.30. The molecule has 1 amide bonds. The number of piperidine rings is 1. The Morgan fingerprint density at radius 2 is 2.06 bits per heavy atom. The second-order valence-corrected chi connectivity index (χ2v) is 5.95. The largest absolute Gasteiger partial charge is 0.345 e. The fourth-order valence-corrected chi connectivity index (χ4v) is 2.79. The summed E-state index contributed by atoms with van der Waals surface area (Å²) in [5, 5.41) is 0. The van der Waals surface area contributed by atoms with Crippen molar-refractivity contribution in [2.45, 2.75) is 39.7 Å². The van der Waals surface area contributed by atoms with E-state index in [9.17, 15) is 4.79 Å². The van der Waals surface area contributed by atoms with Crippen LogP contribution in [0.2, 0.25) is 0 Å². The Kier molecular flexibility index (Phi) is 6.09. The van der Waals surface area contributed by atoms with Crippen molar-refractivity contribution in [3.8, 4) is 0 Å². The highest BCUT2D eigenvalue weighted by molar-refractivity contribution is 5.78. The summed E-state index contributed by atoms with van der Waals surface area (Å²) in [6, 6.07) is 0.507. The Morgan fingerprint density at radius 3 is 2.67 bits per heavy atom. The molecule has 3 unspecified atom stereocenters. The molecule has 0 saturated carbocycles. The van der Waals surface area contributed by atoms with E-state index in [-0.39, 0.29) is 5.91 Å². The average molecular weight is 255 g/mol. The van der Waals surface area contributed by atoms with Crippen molar-refractivity contribution >= 4 is 5.91 Å². The summed E-state index contributed by atoms with van der Waals surface area (Å²) in [6.07, 6.45) is 2.15. The van der Waals surface area contributed by atoms with Gasteiger partial charge in [0.15, 0.2) is 0 Å². The molecule has 3 atom stereocenters. The van der Waals surface area contributed by atoms with Gasteiger partial charge < -0.3 is 10.6 Å². The van der Waals surface area contributed by atoms with Gasteiger partial charge in [-0.15, -0.1) is 0 Å². The first kappa shape index (κ1) is 15.4. The molecule has 1 aliphatic rings. The predicted molar refractivity (Wildman–Crippen MR) is 75.3 cm³/mol. The van der Waals surface area contributed by atoms with Crippen molar-refractivity contribution < 1.29 is 4.79 Å². The molecular formula is C14H29N3O. The minimum atomic E-state index is 0.219. The molecule has 0 spiro atoms. The summed E-state index contributed by atoms with van der Waals surface area (Å²) in [5.41, 5.74) is 5.47. The molecule has 106 valence electrons. The van der Waals surface area contributed by atoms with Gasteiger partial charge in [-0.2, -0.15) is 0 Å². The number of carbonyl (C=O) groups excluding carboxylic acids is 1. The lowest BCUT2D eigenvalue weighted by Gasteiger charge is -2.41. The minimum absolute atomic E-state index is 0.219. The SMILES string of the molecule is CC1CC(C)C(C)N(CC(=O)N(C)CCCN)C1. The van der Waals surface area contributed by atoms with Crippen molar-refractivity contribution in [2.75, 3.05) is 33.2 Å². The number of carbonyl (C=O) groups is 1. The Balaban J connectivity index is 2.47. The number of nitrogens with two attached hydrogens (primary N) is 1. The monoisotopic (exact) mass is 255 g/mol. The number of hydrogen-bond acceptors (Lipinski definition) is 3. The van der Waals surface area contributed by atoms with Crippen LogP contribution in [0.25, 0.3) is 0 Å². The van der Waals surface area contributed by atoms with Gasteiger partial charge in [0, 0.05) is 26.2 Å². The van der Waals surface area contributed by atoms with Gasteiger partial charge >= 0.3 is 0 Å². The number of hydrogen-bond donors (Lipinski definition) is 1. The third-order valence-electron chi connectivity index (χ3n) is 4.18. The Morgan fingerprint density at radius 1 is 1.39 bits per heavy atom. The van der Waals surface area contributed by atoms with Crippen LogP contribution in [0.4, 0.5) is 0 Å². The zero-order valence-electron chi connectivity index (χ0n) is 12.4. The first-order chi connectivity index (χ1) is 8.45. The molecule has 1 rings (SSSR count). The molecule has 0 aromatic rings. The molecule has 0 aliphatic carbocycles. The molecule has 1 aliphatic heterocycles. The first-order valence-corrected chi connectivity index (χ1v) is 7.13. The number of amides is 1. The molecule has 18 heavy (non-hydrogen) atoms. The normalized spacial score (nSPS) is 29.3. The van der Waals surface area contributed by atoms with E-state index in [2.05, 4.69) is 25.7 Å². The fourth-order valence-electron chi connectivity index (χ4n) is 2.79. The lowest BCUT2D eigenvalue weighted by Crippen LogP contribution is -2.50. The molecule has 0 bridgehead atoms. The summed E-state index contributed by atoms with van der Waals surface area (Å²) in [5.74, 6) is 1.59. The van der Waals surface area contributed by atoms with Crippen molar-refractivity contribution in [3.05, 3.63) is 0 Å². The lowest BCUT2D eigenvalue weighted by molar-refractivity contribution is -0.132. The quantitative estimate of drug-likeness (QED) is 0.802. The van der Waals surface area contributed by atoms with Crippen molar-refractivity contribution in [1.29, 1.82) is 0 Å². The topological polar surface area (TPSA) is 49.6 Å². The summed E-state index contributed by atoms with van der Waals surface area (Å²) in [4.78, 5) is 16.3. The van der Waals surface area contributed by atoms with E-state index in [0.717, 1.165) is 19.5 Å². The van der Waals surface area contributed by atoms with E-state index in [4.69, 9.17) is 5.73 Å². The Hall–Kier alpha value is -0.610. The standard InChI is InChI=1S/C14H29N3O/c1-11-8-12(2)13(3)17(9-11)10-14(18)16(4)7-5-6-15/h11-13H,5-10,15H2,1-4H3. The molecule has 1 fully saturated rings. The third kappa shape index (κ3) is 4.25. The van der Waals surface area contributed by atoms with Gasteiger partial charge in [-0.3, -0.25) is 9.69 Å². The molecule has 0 aromatic heterocycles. The van der Waals surface area contributed by atoms with Crippen LogP contribution in [0, 0.1) is 11.8 Å². The molecule has 0 radical (unpaired) electrons. The summed E-state index contributed by atoms with van der Waals surface area (Å²) in [6.45, 7) is 9.81. The van der Waals surface area contributed by atoms with Gasteiger partial charge in [0.2, 0.25) is 5.91 Å². The van der Waals surface area contributed by atoms with E-state index in [1.807, 2.05) is 11.9 Å². The maximum Gasteiger partial charge on any atom is 0.236 e. The van der Waals surface area contributed by atoms with Gasteiger partial charge in [-0.25, -0.2) is 0 Å². The molecule has 1 saturated heterocycles. The maximum absolute atomic E-state index is 12.1. The van der Waals surface area contributed by atoms with Crippen LogP contribution < -0.4 is 5.73 Å². The maximum atomic E-state index is 12.1. The predicted octanol–water partition coefficient (Wildman–Crippen LogP) is 1.16. The van der Waals surface area contributed by atoms with E-state index < -0.39 is 0 Å². The summed E-state index contributed by atoms with van der Waals surface area (Å²) in [7, 11) is 1.87. The van der Waals surface area contributed by atoms with Crippen LogP contribution in [0.3, 0.4) is 0 Å². The van der Waals surface area contributed by atoms with Crippen molar-refractivity contribution in [2.24, 2.45) is 17.6 Å². The lowest BCUT2D eigenvalue weighted by atomic mass is 9.86. The first-order valence-electron chi connectivity index (χ1n) is 7.13. The zero-order valence-corrected chi connectivity index (χ0v) is 12.4. The summed E-state index contributed by atoms with van der Waals surface area (Å²) >= 11 is 0. The van der Waals surface area contributed by atoms with Crippen LogP contribution >= 0.6 is 0 Å². The van der Waals surface area contributed by atoms with Gasteiger partial charge in [-0.05, 0) is 38.1 Å². The van der Waals surface area contributed by atoms with Crippen LogP contribution in [0.5, 0.6) is 0 Å². The Labute approximate surface area is 111 Å². The molecule has 4 nitrogen and oxygen atoms in total. The van der Waals surface area contributed by atoms with Crippen molar-refractivity contribution in [1.82, 2.24) is 9.80 Å². The second-order valence-electron chi connectivity index (χ2n) is 5.95. The van der Waals surface area contributed by atoms with Gasteiger partial charge in [-0.1, -0.05) is 13.8 Å². The summed E-state index contributed by atoms with van der Waals surface area (Å²) < 4.78 is 0. The molecule has 1 heterocycles. The molecular weight excluding hydrogens is 226 g/mol. The number of rotatable bonds is 5. The van der Waals surface area contributed by atoms with Crippen LogP contribution in [-0.2, 0) is 4.79 Å². The van der Waals surface area contributed by atoms with Gasteiger partial charge in [0.1, 0.15) is 0 Å². The smallest absolute Gasteiger partial charge is 0.236 e. The van der Waals surface area contributed by atoms with E-state index in [1.54, 1.807) is 0 Å². The van der Waals surface area contributed by atoms with Crippen LogP contribution in [0.1, 0.15) is 33.6 Å². The Bertz CT molecular complexity index is 270. The highest BCUT2D eigenvalue weighted by Crippen LogP contribution is 2.26. The molecule has 2 N–H and O–H groups in total. The van der Waals surface area contributed by atoms with E-state index in [0.29, 0.717) is 31.0 Å². The van der Waals surface area contributed by atoms with Gasteiger partial charge in [0.25, 0.3) is 0 Å². The number of likely N-dealkylation sites (tertiary alicyclic amines) is 1. The molecule has 0 aromatic carbocycles.